The molecular weight excluding hydrogens is 286 g/mol. The number of aromatic nitrogens is 1. The molecule has 1 atom stereocenters. The zero-order chi connectivity index (χ0) is 16.4. The van der Waals surface area contributed by atoms with Crippen molar-refractivity contribution in [1.29, 1.82) is 0 Å². The van der Waals surface area contributed by atoms with E-state index < -0.39 is 0 Å². The third kappa shape index (κ3) is 3.07. The maximum atomic E-state index is 12.8. The van der Waals surface area contributed by atoms with Crippen molar-refractivity contribution < 1.29 is 4.79 Å². The first kappa shape index (κ1) is 15.5. The second-order valence-electron chi connectivity index (χ2n) is 6.32. The average Bonchev–Trinajstić information content (AvgIpc) is 3.04. The third-order valence-electron chi connectivity index (χ3n) is 4.49. The molecular formula is C19H23N3O. The molecule has 0 radical (unpaired) electrons. The molecule has 1 saturated heterocycles. The minimum Gasteiger partial charge on any atom is -0.363 e. The van der Waals surface area contributed by atoms with E-state index in [0.29, 0.717) is 0 Å². The Hall–Kier alpha value is -2.36. The Kier molecular flexibility index (Phi) is 4.33. The molecule has 0 spiro atoms. The predicted octanol–water partition coefficient (Wildman–Crippen LogP) is 3.43. The maximum Gasteiger partial charge on any atom is 0.254 e. The van der Waals surface area contributed by atoms with Crippen LogP contribution in [0.25, 0.3) is 0 Å². The van der Waals surface area contributed by atoms with E-state index in [-0.39, 0.29) is 11.9 Å². The SMILES string of the molecule is Cc1cc(N(C)C)ncc1[C@H]1CCCN1C(=O)c1ccccc1. The van der Waals surface area contributed by atoms with Crippen LogP contribution in [0.15, 0.2) is 42.6 Å². The summed E-state index contributed by atoms with van der Waals surface area (Å²) in [7, 11) is 3.98. The molecule has 0 aliphatic carbocycles. The number of anilines is 1. The van der Waals surface area contributed by atoms with Gasteiger partial charge in [0.25, 0.3) is 5.91 Å². The number of amides is 1. The number of carbonyl (C=O) groups is 1. The number of benzene rings is 1. The molecule has 0 saturated carbocycles. The van der Waals surface area contributed by atoms with Gasteiger partial charge in [-0.25, -0.2) is 4.98 Å². The van der Waals surface area contributed by atoms with Gasteiger partial charge in [-0.1, -0.05) is 18.2 Å². The van der Waals surface area contributed by atoms with Crippen LogP contribution in [0, 0.1) is 6.92 Å². The highest BCUT2D eigenvalue weighted by molar-refractivity contribution is 5.94. The van der Waals surface area contributed by atoms with Crippen molar-refractivity contribution in [2.45, 2.75) is 25.8 Å². The zero-order valence-electron chi connectivity index (χ0n) is 14.0. The van der Waals surface area contributed by atoms with E-state index in [4.69, 9.17) is 0 Å². The van der Waals surface area contributed by atoms with Crippen LogP contribution in [0.4, 0.5) is 5.82 Å². The summed E-state index contributed by atoms with van der Waals surface area (Å²) in [5, 5.41) is 0. The number of rotatable bonds is 3. The van der Waals surface area contributed by atoms with Gasteiger partial charge in [0, 0.05) is 32.4 Å². The quantitative estimate of drug-likeness (QED) is 0.871. The molecule has 1 aliphatic rings. The first-order valence-corrected chi connectivity index (χ1v) is 8.08. The smallest absolute Gasteiger partial charge is 0.254 e. The van der Waals surface area contributed by atoms with Gasteiger partial charge in [-0.05, 0) is 49.1 Å². The summed E-state index contributed by atoms with van der Waals surface area (Å²) in [4.78, 5) is 21.3. The van der Waals surface area contributed by atoms with Crippen molar-refractivity contribution in [2.75, 3.05) is 25.5 Å². The highest BCUT2D eigenvalue weighted by Gasteiger charge is 2.31. The fraction of sp³-hybridized carbons (Fsp3) is 0.368. The fourth-order valence-corrected chi connectivity index (χ4v) is 3.22. The topological polar surface area (TPSA) is 36.4 Å². The molecule has 2 aromatic rings. The molecule has 1 amide bonds. The summed E-state index contributed by atoms with van der Waals surface area (Å²) in [6, 6.07) is 11.8. The fourth-order valence-electron chi connectivity index (χ4n) is 3.22. The molecule has 4 nitrogen and oxygen atoms in total. The van der Waals surface area contributed by atoms with E-state index in [1.807, 2.05) is 60.4 Å². The van der Waals surface area contributed by atoms with Crippen LogP contribution in [-0.4, -0.2) is 36.4 Å². The van der Waals surface area contributed by atoms with Gasteiger partial charge in [-0.15, -0.1) is 0 Å². The van der Waals surface area contributed by atoms with E-state index >= 15 is 0 Å². The Morgan fingerprint density at radius 2 is 2.00 bits per heavy atom. The van der Waals surface area contributed by atoms with Gasteiger partial charge in [-0.2, -0.15) is 0 Å². The standard InChI is InChI=1S/C19H23N3O/c1-14-12-18(21(2)3)20-13-16(14)17-10-7-11-22(17)19(23)15-8-5-4-6-9-15/h4-6,8-9,12-13,17H,7,10-11H2,1-3H3/t17-/m1/s1. The third-order valence-corrected chi connectivity index (χ3v) is 4.49. The lowest BCUT2D eigenvalue weighted by atomic mass is 10.0. The minimum absolute atomic E-state index is 0.115. The number of carbonyl (C=O) groups excluding carboxylic acids is 1. The number of aryl methyl sites for hydroxylation is 1. The maximum absolute atomic E-state index is 12.8. The highest BCUT2D eigenvalue weighted by atomic mass is 16.2. The Balaban J connectivity index is 1.89. The van der Waals surface area contributed by atoms with Crippen molar-refractivity contribution >= 4 is 11.7 Å². The summed E-state index contributed by atoms with van der Waals surface area (Å²) in [6.45, 7) is 2.92. The lowest BCUT2D eigenvalue weighted by Crippen LogP contribution is -2.31. The highest BCUT2D eigenvalue weighted by Crippen LogP contribution is 2.35. The van der Waals surface area contributed by atoms with Crippen LogP contribution >= 0.6 is 0 Å². The van der Waals surface area contributed by atoms with Gasteiger partial charge < -0.3 is 9.80 Å². The Labute approximate surface area is 137 Å². The number of hydrogen-bond donors (Lipinski definition) is 0. The predicted molar refractivity (Wildman–Crippen MR) is 92.8 cm³/mol. The number of pyridine rings is 1. The van der Waals surface area contributed by atoms with Crippen molar-refractivity contribution in [3.8, 4) is 0 Å². The largest absolute Gasteiger partial charge is 0.363 e. The van der Waals surface area contributed by atoms with E-state index in [1.165, 1.54) is 5.56 Å². The number of likely N-dealkylation sites (tertiary alicyclic amines) is 1. The second kappa shape index (κ2) is 6.41. The molecule has 0 unspecified atom stereocenters. The molecule has 0 bridgehead atoms. The van der Waals surface area contributed by atoms with E-state index in [2.05, 4.69) is 18.0 Å². The average molecular weight is 309 g/mol. The van der Waals surface area contributed by atoms with Gasteiger partial charge in [-0.3, -0.25) is 4.79 Å². The molecule has 2 heterocycles. The van der Waals surface area contributed by atoms with Crippen molar-refractivity contribution in [2.24, 2.45) is 0 Å². The molecule has 23 heavy (non-hydrogen) atoms. The summed E-state index contributed by atoms with van der Waals surface area (Å²) >= 11 is 0. The monoisotopic (exact) mass is 309 g/mol. The van der Waals surface area contributed by atoms with Crippen LogP contribution in [0.2, 0.25) is 0 Å². The zero-order valence-corrected chi connectivity index (χ0v) is 14.0. The van der Waals surface area contributed by atoms with Gasteiger partial charge in [0.2, 0.25) is 0 Å². The molecule has 120 valence electrons. The minimum atomic E-state index is 0.115. The lowest BCUT2D eigenvalue weighted by Gasteiger charge is -2.26. The van der Waals surface area contributed by atoms with Crippen LogP contribution in [-0.2, 0) is 0 Å². The first-order valence-electron chi connectivity index (χ1n) is 8.08. The van der Waals surface area contributed by atoms with Gasteiger partial charge in [0.1, 0.15) is 5.82 Å². The number of hydrogen-bond acceptors (Lipinski definition) is 3. The Bertz CT molecular complexity index is 697. The molecule has 1 fully saturated rings. The molecule has 1 aliphatic heterocycles. The molecule has 4 heteroatoms. The summed E-state index contributed by atoms with van der Waals surface area (Å²) in [5.41, 5.74) is 3.12. The Morgan fingerprint density at radius 1 is 1.26 bits per heavy atom. The van der Waals surface area contributed by atoms with Crippen molar-refractivity contribution in [3.05, 3.63) is 59.3 Å². The van der Waals surface area contributed by atoms with Crippen LogP contribution in [0.1, 0.15) is 40.4 Å². The molecule has 1 aromatic heterocycles. The summed E-state index contributed by atoms with van der Waals surface area (Å²) in [5.74, 6) is 1.06. The number of nitrogens with zero attached hydrogens (tertiary/aromatic N) is 3. The van der Waals surface area contributed by atoms with E-state index in [9.17, 15) is 4.79 Å². The Morgan fingerprint density at radius 3 is 2.65 bits per heavy atom. The summed E-state index contributed by atoms with van der Waals surface area (Å²) < 4.78 is 0. The second-order valence-corrected chi connectivity index (χ2v) is 6.32. The molecule has 3 rings (SSSR count). The van der Waals surface area contributed by atoms with Crippen LogP contribution in [0.3, 0.4) is 0 Å². The first-order chi connectivity index (χ1) is 11.1. The van der Waals surface area contributed by atoms with Crippen molar-refractivity contribution in [1.82, 2.24) is 9.88 Å². The van der Waals surface area contributed by atoms with Crippen molar-refractivity contribution in [3.63, 3.8) is 0 Å². The molecule has 1 aromatic carbocycles. The van der Waals surface area contributed by atoms with Gasteiger partial charge in [0.15, 0.2) is 0 Å². The van der Waals surface area contributed by atoms with Gasteiger partial charge >= 0.3 is 0 Å². The summed E-state index contributed by atoms with van der Waals surface area (Å²) in [6.07, 6.45) is 3.98. The van der Waals surface area contributed by atoms with Gasteiger partial charge in [0.05, 0.1) is 6.04 Å². The normalized spacial score (nSPS) is 17.3. The van der Waals surface area contributed by atoms with Crippen LogP contribution < -0.4 is 4.90 Å². The lowest BCUT2D eigenvalue weighted by molar-refractivity contribution is 0.0735. The van der Waals surface area contributed by atoms with Crippen LogP contribution in [0.5, 0.6) is 0 Å². The van der Waals surface area contributed by atoms with E-state index in [1.54, 1.807) is 0 Å². The molecule has 0 N–H and O–H groups in total. The van der Waals surface area contributed by atoms with E-state index in [0.717, 1.165) is 36.3 Å².